The molecule has 3 aromatic rings. The number of carbonyl (C=O) groups excluding carboxylic acids is 1. The molecule has 2 aromatic heterocycles. The number of urea groups is 1. The lowest BCUT2D eigenvalue weighted by molar-refractivity contribution is 0.202. The predicted molar refractivity (Wildman–Crippen MR) is 106 cm³/mol. The Balaban J connectivity index is 1.34. The zero-order valence-electron chi connectivity index (χ0n) is 15.3. The van der Waals surface area contributed by atoms with Gasteiger partial charge in [0, 0.05) is 38.2 Å². The first-order chi connectivity index (χ1) is 13.7. The average molecular weight is 375 g/mol. The lowest BCUT2D eigenvalue weighted by Crippen LogP contribution is -2.41. The number of hydrogen-bond donors (Lipinski definition) is 2. The Morgan fingerprint density at radius 3 is 2.75 bits per heavy atom. The molecule has 2 N–H and O–H groups in total. The minimum absolute atomic E-state index is 0.0815. The van der Waals surface area contributed by atoms with E-state index in [0.717, 1.165) is 23.4 Å². The number of phenolic OH excluding ortho intramolecular Hbond substituents is 1. The van der Waals surface area contributed by atoms with Crippen LogP contribution in [0.15, 0.2) is 67.4 Å². The van der Waals surface area contributed by atoms with Crippen LogP contribution in [0.4, 0.5) is 4.79 Å². The SMILES string of the molecule is O=C(NCc1ccnc(-n2ccnc2)c1)N1CC=C(c2ccc(O)cc2)CC1. The van der Waals surface area contributed by atoms with Gasteiger partial charge >= 0.3 is 6.03 Å². The van der Waals surface area contributed by atoms with E-state index in [-0.39, 0.29) is 11.8 Å². The smallest absolute Gasteiger partial charge is 0.317 e. The number of aromatic nitrogens is 3. The molecule has 1 aliphatic heterocycles. The van der Waals surface area contributed by atoms with Gasteiger partial charge in [0.1, 0.15) is 17.9 Å². The molecule has 0 saturated carbocycles. The first-order valence-electron chi connectivity index (χ1n) is 9.13. The molecular formula is C21H21N5O2. The molecule has 7 heteroatoms. The number of benzene rings is 1. The molecular weight excluding hydrogens is 354 g/mol. The Morgan fingerprint density at radius 1 is 1.18 bits per heavy atom. The van der Waals surface area contributed by atoms with E-state index in [1.807, 2.05) is 35.0 Å². The molecule has 0 fully saturated rings. The van der Waals surface area contributed by atoms with Gasteiger partial charge in [0.25, 0.3) is 0 Å². The van der Waals surface area contributed by atoms with Crippen LogP contribution < -0.4 is 5.32 Å². The van der Waals surface area contributed by atoms with Crippen molar-refractivity contribution in [1.82, 2.24) is 24.8 Å². The van der Waals surface area contributed by atoms with E-state index in [1.54, 1.807) is 35.8 Å². The van der Waals surface area contributed by atoms with E-state index in [1.165, 1.54) is 5.57 Å². The van der Waals surface area contributed by atoms with E-state index < -0.39 is 0 Å². The highest BCUT2D eigenvalue weighted by atomic mass is 16.3. The van der Waals surface area contributed by atoms with Crippen LogP contribution in [0.2, 0.25) is 0 Å². The lowest BCUT2D eigenvalue weighted by Gasteiger charge is -2.27. The number of rotatable bonds is 4. The summed E-state index contributed by atoms with van der Waals surface area (Å²) in [7, 11) is 0. The monoisotopic (exact) mass is 375 g/mol. The summed E-state index contributed by atoms with van der Waals surface area (Å²) < 4.78 is 1.83. The van der Waals surface area contributed by atoms with Crippen LogP contribution >= 0.6 is 0 Å². The summed E-state index contributed by atoms with van der Waals surface area (Å²) in [4.78, 5) is 22.6. The Hall–Kier alpha value is -3.61. The number of nitrogens with one attached hydrogen (secondary N) is 1. The van der Waals surface area contributed by atoms with Crippen LogP contribution in [-0.2, 0) is 6.54 Å². The number of phenols is 1. The van der Waals surface area contributed by atoms with Crippen LogP contribution in [0.25, 0.3) is 11.4 Å². The normalized spacial score (nSPS) is 13.9. The second-order valence-electron chi connectivity index (χ2n) is 6.62. The summed E-state index contributed by atoms with van der Waals surface area (Å²) in [5.41, 5.74) is 3.26. The maximum Gasteiger partial charge on any atom is 0.317 e. The van der Waals surface area contributed by atoms with Gasteiger partial charge < -0.3 is 15.3 Å². The van der Waals surface area contributed by atoms with Crippen molar-refractivity contribution in [3.63, 3.8) is 0 Å². The maximum absolute atomic E-state index is 12.5. The largest absolute Gasteiger partial charge is 0.508 e. The maximum atomic E-state index is 12.5. The summed E-state index contributed by atoms with van der Waals surface area (Å²) in [6.07, 6.45) is 9.81. The second kappa shape index (κ2) is 7.96. The molecule has 4 rings (SSSR count). The van der Waals surface area contributed by atoms with E-state index in [4.69, 9.17) is 0 Å². The molecule has 3 heterocycles. The third kappa shape index (κ3) is 4.03. The van der Waals surface area contributed by atoms with Crippen molar-refractivity contribution in [2.45, 2.75) is 13.0 Å². The number of nitrogens with zero attached hydrogens (tertiary/aromatic N) is 4. The molecule has 0 radical (unpaired) electrons. The zero-order chi connectivity index (χ0) is 19.3. The molecule has 7 nitrogen and oxygen atoms in total. The van der Waals surface area contributed by atoms with Crippen molar-refractivity contribution < 1.29 is 9.90 Å². The van der Waals surface area contributed by atoms with E-state index in [0.29, 0.717) is 19.6 Å². The van der Waals surface area contributed by atoms with Crippen molar-refractivity contribution in [2.75, 3.05) is 13.1 Å². The van der Waals surface area contributed by atoms with Gasteiger partial charge in [-0.25, -0.2) is 14.8 Å². The standard InChI is InChI=1S/C21H21N5O2/c27-19-3-1-17(2-4-19)18-6-10-25(11-7-18)21(28)24-14-16-5-8-23-20(13-16)26-12-9-22-15-26/h1-6,8-9,12-13,15,27H,7,10-11,14H2,(H,24,28). The molecule has 0 bridgehead atoms. The number of imidazole rings is 1. The molecule has 0 aliphatic carbocycles. The van der Waals surface area contributed by atoms with Gasteiger partial charge in [0.2, 0.25) is 0 Å². The summed E-state index contributed by atoms with van der Waals surface area (Å²) in [6, 6.07) is 10.9. The van der Waals surface area contributed by atoms with Crippen LogP contribution in [0.5, 0.6) is 5.75 Å². The van der Waals surface area contributed by atoms with Crippen molar-refractivity contribution >= 4 is 11.6 Å². The van der Waals surface area contributed by atoms with Crippen molar-refractivity contribution in [1.29, 1.82) is 0 Å². The van der Waals surface area contributed by atoms with Crippen molar-refractivity contribution in [2.24, 2.45) is 0 Å². The minimum atomic E-state index is -0.0815. The summed E-state index contributed by atoms with van der Waals surface area (Å²) in [5, 5.41) is 12.4. The van der Waals surface area contributed by atoms with Crippen molar-refractivity contribution in [3.05, 3.63) is 78.5 Å². The Morgan fingerprint density at radius 2 is 2.04 bits per heavy atom. The Kier molecular flexibility index (Phi) is 5.05. The number of amides is 2. The number of hydrogen-bond acceptors (Lipinski definition) is 4. The number of pyridine rings is 1. The van der Waals surface area contributed by atoms with Crippen LogP contribution in [0.1, 0.15) is 17.5 Å². The first-order valence-corrected chi connectivity index (χ1v) is 9.13. The van der Waals surface area contributed by atoms with Crippen molar-refractivity contribution in [3.8, 4) is 11.6 Å². The fraction of sp³-hybridized carbons (Fsp3) is 0.190. The highest BCUT2D eigenvalue weighted by molar-refractivity contribution is 5.76. The summed E-state index contributed by atoms with van der Waals surface area (Å²) in [6.45, 7) is 1.67. The molecule has 0 saturated heterocycles. The van der Waals surface area contributed by atoms with Gasteiger partial charge in [-0.1, -0.05) is 18.2 Å². The molecule has 2 amide bonds. The molecule has 1 aliphatic rings. The summed E-state index contributed by atoms with van der Waals surface area (Å²) in [5.74, 6) is 1.03. The fourth-order valence-corrected chi connectivity index (χ4v) is 3.19. The topological polar surface area (TPSA) is 83.3 Å². The number of carbonyl (C=O) groups is 1. The Labute approximate surface area is 163 Å². The van der Waals surface area contributed by atoms with Gasteiger partial charge in [-0.3, -0.25) is 4.57 Å². The van der Waals surface area contributed by atoms with E-state index in [2.05, 4.69) is 21.4 Å². The molecule has 0 atom stereocenters. The molecule has 0 unspecified atom stereocenters. The third-order valence-corrected chi connectivity index (χ3v) is 4.76. The van der Waals surface area contributed by atoms with Gasteiger partial charge in [-0.2, -0.15) is 0 Å². The quantitative estimate of drug-likeness (QED) is 0.734. The van der Waals surface area contributed by atoms with E-state index >= 15 is 0 Å². The lowest BCUT2D eigenvalue weighted by atomic mass is 9.99. The fourth-order valence-electron chi connectivity index (χ4n) is 3.19. The summed E-state index contributed by atoms with van der Waals surface area (Å²) >= 11 is 0. The molecule has 0 spiro atoms. The molecule has 1 aromatic carbocycles. The zero-order valence-corrected chi connectivity index (χ0v) is 15.3. The van der Waals surface area contributed by atoms with Crippen LogP contribution in [0, 0.1) is 0 Å². The number of aromatic hydroxyl groups is 1. The Bertz CT molecular complexity index is 980. The highest BCUT2D eigenvalue weighted by Gasteiger charge is 2.17. The average Bonchev–Trinajstić information content (AvgIpc) is 3.28. The highest BCUT2D eigenvalue weighted by Crippen LogP contribution is 2.24. The molecule has 28 heavy (non-hydrogen) atoms. The first kappa shape index (κ1) is 17.8. The van der Waals surface area contributed by atoms with Gasteiger partial charge in [-0.05, 0) is 47.4 Å². The molecule has 142 valence electrons. The van der Waals surface area contributed by atoms with E-state index in [9.17, 15) is 9.90 Å². The van der Waals surface area contributed by atoms with Crippen LogP contribution in [0.3, 0.4) is 0 Å². The predicted octanol–water partition coefficient (Wildman–Crippen LogP) is 2.97. The third-order valence-electron chi connectivity index (χ3n) is 4.76. The van der Waals surface area contributed by atoms with Gasteiger partial charge in [0.15, 0.2) is 0 Å². The van der Waals surface area contributed by atoms with Gasteiger partial charge in [0.05, 0.1) is 0 Å². The second-order valence-corrected chi connectivity index (χ2v) is 6.62. The minimum Gasteiger partial charge on any atom is -0.508 e. The van der Waals surface area contributed by atoms with Gasteiger partial charge in [-0.15, -0.1) is 0 Å². The van der Waals surface area contributed by atoms with Crippen LogP contribution in [-0.4, -0.2) is 43.7 Å².